The third kappa shape index (κ3) is 4.76. The van der Waals surface area contributed by atoms with Crippen molar-refractivity contribution in [2.75, 3.05) is 11.4 Å². The lowest BCUT2D eigenvalue weighted by Crippen LogP contribution is -2.25. The van der Waals surface area contributed by atoms with E-state index in [1.54, 1.807) is 55.1 Å². The highest BCUT2D eigenvalue weighted by molar-refractivity contribution is 5.97. The van der Waals surface area contributed by atoms with Gasteiger partial charge in [0.15, 0.2) is 0 Å². The molecule has 2 heterocycles. The fourth-order valence-corrected chi connectivity index (χ4v) is 4.00. The van der Waals surface area contributed by atoms with Gasteiger partial charge in [0.2, 0.25) is 5.91 Å². The van der Waals surface area contributed by atoms with Crippen LogP contribution in [0, 0.1) is 13.8 Å². The maximum absolute atomic E-state index is 13.7. The molecule has 172 valence electrons. The quantitative estimate of drug-likeness (QED) is 0.612. The van der Waals surface area contributed by atoms with Crippen molar-refractivity contribution in [3.63, 3.8) is 0 Å². The molecule has 1 aliphatic rings. The normalized spacial score (nSPS) is 14.1. The number of carbonyl (C=O) groups excluding carboxylic acids is 2. The molecule has 2 aromatic carbocycles. The number of aryl methyl sites for hydroxylation is 2. The minimum absolute atomic E-state index is 0.0378. The number of alkyl halides is 3. The Hall–Kier alpha value is -3.62. The maximum atomic E-state index is 13.7. The fraction of sp³-hybridized carbons (Fsp3) is 0.292. The average molecular weight is 456 g/mol. The van der Waals surface area contributed by atoms with Crippen LogP contribution in [-0.4, -0.2) is 28.1 Å². The van der Waals surface area contributed by atoms with Gasteiger partial charge >= 0.3 is 6.18 Å². The summed E-state index contributed by atoms with van der Waals surface area (Å²) in [6.07, 6.45) is -3.29. The number of anilines is 1. The molecule has 1 aromatic heterocycles. The number of amides is 2. The molecule has 1 aliphatic heterocycles. The van der Waals surface area contributed by atoms with E-state index in [1.807, 2.05) is 0 Å². The van der Waals surface area contributed by atoms with Gasteiger partial charge in [0.25, 0.3) is 5.91 Å². The van der Waals surface area contributed by atoms with E-state index in [-0.39, 0.29) is 18.0 Å². The van der Waals surface area contributed by atoms with Crippen molar-refractivity contribution in [1.82, 2.24) is 15.1 Å². The first kappa shape index (κ1) is 22.6. The number of halogens is 3. The molecule has 1 fully saturated rings. The third-order valence-electron chi connectivity index (χ3n) is 5.61. The largest absolute Gasteiger partial charge is 0.416 e. The number of hydrogen-bond donors (Lipinski definition) is 1. The Morgan fingerprint density at radius 1 is 1.06 bits per heavy atom. The number of carbonyl (C=O) groups is 2. The van der Waals surface area contributed by atoms with Gasteiger partial charge in [0.05, 0.1) is 16.9 Å². The van der Waals surface area contributed by atoms with Gasteiger partial charge in [-0.25, -0.2) is 4.68 Å². The lowest BCUT2D eigenvalue weighted by atomic mass is 10.1. The summed E-state index contributed by atoms with van der Waals surface area (Å²) in [6, 6.07) is 12.2. The summed E-state index contributed by atoms with van der Waals surface area (Å²) in [6.45, 7) is 3.90. The second-order valence-corrected chi connectivity index (χ2v) is 8.06. The van der Waals surface area contributed by atoms with Gasteiger partial charge < -0.3 is 10.2 Å². The summed E-state index contributed by atoms with van der Waals surface area (Å²) in [7, 11) is 0. The summed E-state index contributed by atoms with van der Waals surface area (Å²) in [4.78, 5) is 26.0. The minimum atomic E-state index is -4.59. The van der Waals surface area contributed by atoms with Crippen molar-refractivity contribution in [3.8, 4) is 5.69 Å². The molecule has 33 heavy (non-hydrogen) atoms. The second kappa shape index (κ2) is 8.73. The first-order chi connectivity index (χ1) is 15.6. The topological polar surface area (TPSA) is 67.2 Å². The molecular weight excluding hydrogens is 433 g/mol. The van der Waals surface area contributed by atoms with Crippen molar-refractivity contribution in [1.29, 1.82) is 0 Å². The molecule has 0 radical (unpaired) electrons. The van der Waals surface area contributed by atoms with E-state index in [0.717, 1.165) is 18.2 Å². The van der Waals surface area contributed by atoms with Crippen LogP contribution >= 0.6 is 0 Å². The van der Waals surface area contributed by atoms with Crippen LogP contribution in [0.2, 0.25) is 0 Å². The van der Waals surface area contributed by atoms with Crippen molar-refractivity contribution in [3.05, 3.63) is 76.6 Å². The zero-order valence-electron chi connectivity index (χ0n) is 18.2. The van der Waals surface area contributed by atoms with E-state index in [1.165, 1.54) is 10.7 Å². The maximum Gasteiger partial charge on any atom is 0.416 e. The second-order valence-electron chi connectivity index (χ2n) is 8.06. The van der Waals surface area contributed by atoms with Crippen LogP contribution in [0.1, 0.15) is 45.7 Å². The zero-order chi connectivity index (χ0) is 23.8. The van der Waals surface area contributed by atoms with Crippen LogP contribution in [0.5, 0.6) is 0 Å². The van der Waals surface area contributed by atoms with Crippen molar-refractivity contribution in [2.24, 2.45) is 0 Å². The van der Waals surface area contributed by atoms with Gasteiger partial charge in [0.1, 0.15) is 0 Å². The Kier molecular flexibility index (Phi) is 5.97. The van der Waals surface area contributed by atoms with Crippen LogP contribution < -0.4 is 10.2 Å². The minimum Gasteiger partial charge on any atom is -0.348 e. The molecule has 0 saturated carbocycles. The summed E-state index contributed by atoms with van der Waals surface area (Å²) in [5, 5.41) is 6.80. The molecule has 0 bridgehead atoms. The SMILES string of the molecule is Cc1cc(C)n(-c2ccc(CNC(=O)c3ccc(N4CCCC4=O)cc3)c(C(F)(F)F)c2)n1. The Morgan fingerprint density at radius 3 is 2.33 bits per heavy atom. The molecule has 0 unspecified atom stereocenters. The number of aromatic nitrogens is 2. The Labute approximate surface area is 189 Å². The number of benzene rings is 2. The monoisotopic (exact) mass is 456 g/mol. The molecule has 4 rings (SSSR count). The molecule has 6 nitrogen and oxygen atoms in total. The van der Waals surface area contributed by atoms with Crippen molar-refractivity contribution < 1.29 is 22.8 Å². The summed E-state index contributed by atoms with van der Waals surface area (Å²) >= 11 is 0. The van der Waals surface area contributed by atoms with E-state index in [4.69, 9.17) is 0 Å². The van der Waals surface area contributed by atoms with Gasteiger partial charge in [-0.2, -0.15) is 18.3 Å². The predicted octanol–water partition coefficient (Wildman–Crippen LogP) is 4.56. The fourth-order valence-electron chi connectivity index (χ4n) is 4.00. The number of rotatable bonds is 5. The summed E-state index contributed by atoms with van der Waals surface area (Å²) in [5.74, 6) is -0.458. The first-order valence-electron chi connectivity index (χ1n) is 10.6. The van der Waals surface area contributed by atoms with E-state index in [2.05, 4.69) is 10.4 Å². The molecule has 1 saturated heterocycles. The van der Waals surface area contributed by atoms with Crippen LogP contribution in [0.4, 0.5) is 18.9 Å². The Bertz CT molecular complexity index is 1200. The lowest BCUT2D eigenvalue weighted by molar-refractivity contribution is -0.138. The van der Waals surface area contributed by atoms with Crippen molar-refractivity contribution in [2.45, 2.75) is 39.4 Å². The van der Waals surface area contributed by atoms with Gasteiger partial charge in [-0.1, -0.05) is 6.07 Å². The molecule has 9 heteroatoms. The van der Waals surface area contributed by atoms with Gasteiger partial charge in [-0.05, 0) is 68.3 Å². The standard InChI is InChI=1S/C24H23F3N4O2/c1-15-12-16(2)31(29-15)20-10-7-18(21(13-20)24(25,26)27)14-28-23(33)17-5-8-19(9-6-17)30-11-3-4-22(30)32/h5-10,12-13H,3-4,11,14H2,1-2H3,(H,28,33). The van der Waals surface area contributed by atoms with Crippen LogP contribution in [0.3, 0.4) is 0 Å². The molecule has 0 spiro atoms. The first-order valence-corrected chi connectivity index (χ1v) is 10.6. The molecule has 0 atom stereocenters. The molecule has 1 N–H and O–H groups in total. The van der Waals surface area contributed by atoms with E-state index < -0.39 is 17.6 Å². The highest BCUT2D eigenvalue weighted by Gasteiger charge is 2.34. The summed E-state index contributed by atoms with van der Waals surface area (Å²) < 4.78 is 42.7. The third-order valence-corrected chi connectivity index (χ3v) is 5.61. The molecule has 3 aromatic rings. The highest BCUT2D eigenvalue weighted by Crippen LogP contribution is 2.34. The number of nitrogens with zero attached hydrogens (tertiary/aromatic N) is 3. The average Bonchev–Trinajstić information content (AvgIpc) is 3.35. The van der Waals surface area contributed by atoms with Gasteiger partial charge in [-0.15, -0.1) is 0 Å². The predicted molar refractivity (Wildman–Crippen MR) is 117 cm³/mol. The zero-order valence-corrected chi connectivity index (χ0v) is 18.2. The molecule has 2 amide bonds. The highest BCUT2D eigenvalue weighted by atomic mass is 19.4. The van der Waals surface area contributed by atoms with Gasteiger partial charge in [-0.3, -0.25) is 9.59 Å². The van der Waals surface area contributed by atoms with E-state index >= 15 is 0 Å². The lowest BCUT2D eigenvalue weighted by Gasteiger charge is -2.17. The number of hydrogen-bond acceptors (Lipinski definition) is 3. The van der Waals surface area contributed by atoms with Gasteiger partial charge in [0, 0.05) is 36.5 Å². The Morgan fingerprint density at radius 2 is 1.76 bits per heavy atom. The Balaban J connectivity index is 1.51. The number of nitrogens with one attached hydrogen (secondary N) is 1. The summed E-state index contributed by atoms with van der Waals surface area (Å²) in [5.41, 5.74) is 1.87. The molecular formula is C24H23F3N4O2. The molecule has 0 aliphatic carbocycles. The van der Waals surface area contributed by atoms with Crippen LogP contribution in [-0.2, 0) is 17.5 Å². The van der Waals surface area contributed by atoms with Crippen LogP contribution in [0.15, 0.2) is 48.5 Å². The van der Waals surface area contributed by atoms with E-state index in [0.29, 0.717) is 35.6 Å². The van der Waals surface area contributed by atoms with E-state index in [9.17, 15) is 22.8 Å². The van der Waals surface area contributed by atoms with Crippen LogP contribution in [0.25, 0.3) is 5.69 Å². The van der Waals surface area contributed by atoms with Crippen molar-refractivity contribution >= 4 is 17.5 Å². The smallest absolute Gasteiger partial charge is 0.348 e.